The van der Waals surface area contributed by atoms with E-state index in [1.54, 1.807) is 0 Å². The Kier molecular flexibility index (Phi) is 27.0. The Morgan fingerprint density at radius 3 is 0.733 bits per heavy atom. The molecule has 0 aromatic rings. The lowest BCUT2D eigenvalue weighted by molar-refractivity contribution is 0.430. The summed E-state index contributed by atoms with van der Waals surface area (Å²) in [5.41, 5.74) is 0. The monoisotopic (exact) mass is 422 g/mol. The van der Waals surface area contributed by atoms with E-state index in [4.69, 9.17) is 0 Å². The molecule has 0 radical (unpaired) electrons. The zero-order chi connectivity index (χ0) is 22.0. The zero-order valence-electron chi connectivity index (χ0n) is 22.0. The molecule has 0 saturated carbocycles. The number of unbranched alkanes of at least 4 members (excludes halogenated alkanes) is 22. The second kappa shape index (κ2) is 27.0. The molecule has 0 aromatic heterocycles. The van der Waals surface area contributed by atoms with Crippen LogP contribution in [-0.4, -0.2) is 0 Å². The van der Waals surface area contributed by atoms with Crippen molar-refractivity contribution in [1.29, 1.82) is 0 Å². The van der Waals surface area contributed by atoms with Gasteiger partial charge in [-0.1, -0.05) is 188 Å². The van der Waals surface area contributed by atoms with Gasteiger partial charge in [-0.3, -0.25) is 0 Å². The molecule has 30 heavy (non-hydrogen) atoms. The SMILES string of the molecule is CCCCCCCCCCCCCCCCCC(C)CCCCCCCCCCC. The van der Waals surface area contributed by atoms with Gasteiger partial charge in [0.2, 0.25) is 0 Å². The molecule has 1 atom stereocenters. The Bertz CT molecular complexity index is 282. The average Bonchev–Trinajstić information content (AvgIpc) is 2.75. The maximum absolute atomic E-state index is 2.49. The van der Waals surface area contributed by atoms with Crippen molar-refractivity contribution in [2.24, 2.45) is 5.92 Å². The summed E-state index contributed by atoms with van der Waals surface area (Å²) < 4.78 is 0. The fraction of sp³-hybridized carbons (Fsp3) is 1.00. The summed E-state index contributed by atoms with van der Waals surface area (Å²) in [6, 6.07) is 0. The number of rotatable bonds is 26. The fourth-order valence-electron chi connectivity index (χ4n) is 4.81. The first-order valence-corrected chi connectivity index (χ1v) is 14.8. The van der Waals surface area contributed by atoms with Crippen LogP contribution < -0.4 is 0 Å². The highest BCUT2D eigenvalue weighted by Crippen LogP contribution is 2.19. The summed E-state index contributed by atoms with van der Waals surface area (Å²) in [7, 11) is 0. The van der Waals surface area contributed by atoms with Crippen molar-refractivity contribution < 1.29 is 0 Å². The third-order valence-electron chi connectivity index (χ3n) is 7.10. The van der Waals surface area contributed by atoms with E-state index in [-0.39, 0.29) is 0 Å². The van der Waals surface area contributed by atoms with Gasteiger partial charge in [0.25, 0.3) is 0 Å². The molecule has 0 aliphatic rings. The van der Waals surface area contributed by atoms with E-state index >= 15 is 0 Å². The summed E-state index contributed by atoms with van der Waals surface area (Å²) >= 11 is 0. The summed E-state index contributed by atoms with van der Waals surface area (Å²) in [6.07, 6.45) is 38.3. The van der Waals surface area contributed by atoms with Crippen LogP contribution >= 0.6 is 0 Å². The number of hydrogen-bond acceptors (Lipinski definition) is 0. The van der Waals surface area contributed by atoms with Gasteiger partial charge in [-0.2, -0.15) is 0 Å². The summed E-state index contributed by atoms with van der Waals surface area (Å²) in [6.45, 7) is 7.11. The summed E-state index contributed by atoms with van der Waals surface area (Å²) in [5.74, 6) is 0.969. The van der Waals surface area contributed by atoms with Gasteiger partial charge >= 0.3 is 0 Å². The lowest BCUT2D eigenvalue weighted by Gasteiger charge is -2.11. The molecule has 0 N–H and O–H groups in total. The lowest BCUT2D eigenvalue weighted by atomic mass is 9.95. The molecule has 0 fully saturated rings. The predicted octanol–water partition coefficient (Wildman–Crippen LogP) is 11.8. The number of hydrogen-bond donors (Lipinski definition) is 0. The highest BCUT2D eigenvalue weighted by molar-refractivity contribution is 4.56. The van der Waals surface area contributed by atoms with Crippen LogP contribution in [0.5, 0.6) is 0 Å². The molecule has 0 spiro atoms. The van der Waals surface area contributed by atoms with Crippen molar-refractivity contribution >= 4 is 0 Å². The minimum atomic E-state index is 0.969. The largest absolute Gasteiger partial charge is 0.0654 e. The molecular formula is C30H62. The highest BCUT2D eigenvalue weighted by Gasteiger charge is 2.02. The highest BCUT2D eigenvalue weighted by atomic mass is 14.1. The molecule has 0 heteroatoms. The Labute approximate surface area is 193 Å². The van der Waals surface area contributed by atoms with Crippen LogP contribution in [0, 0.1) is 5.92 Å². The van der Waals surface area contributed by atoms with Crippen LogP contribution in [0.3, 0.4) is 0 Å². The molecule has 0 amide bonds. The quantitative estimate of drug-likeness (QED) is 0.122. The molecule has 0 aliphatic carbocycles. The van der Waals surface area contributed by atoms with Crippen molar-refractivity contribution in [1.82, 2.24) is 0 Å². The van der Waals surface area contributed by atoms with Crippen LogP contribution in [0.15, 0.2) is 0 Å². The van der Waals surface area contributed by atoms with E-state index < -0.39 is 0 Å². The molecule has 1 unspecified atom stereocenters. The molecule has 0 bridgehead atoms. The molecular weight excluding hydrogens is 360 g/mol. The molecule has 0 nitrogen and oxygen atoms in total. The van der Waals surface area contributed by atoms with Gasteiger partial charge in [-0.05, 0) is 5.92 Å². The average molecular weight is 423 g/mol. The van der Waals surface area contributed by atoms with Gasteiger partial charge in [0, 0.05) is 0 Å². The van der Waals surface area contributed by atoms with Gasteiger partial charge in [-0.25, -0.2) is 0 Å². The Balaban J connectivity index is 3.12. The maximum atomic E-state index is 2.49. The minimum Gasteiger partial charge on any atom is -0.0654 e. The Hall–Kier alpha value is 0. The first-order chi connectivity index (χ1) is 14.8. The van der Waals surface area contributed by atoms with Crippen LogP contribution in [0.1, 0.15) is 188 Å². The molecule has 0 aliphatic heterocycles. The second-order valence-corrected chi connectivity index (χ2v) is 10.5. The van der Waals surface area contributed by atoms with E-state index in [1.807, 2.05) is 0 Å². The van der Waals surface area contributed by atoms with Gasteiger partial charge in [0.1, 0.15) is 0 Å². The smallest absolute Gasteiger partial charge is 0.0443 e. The lowest BCUT2D eigenvalue weighted by Crippen LogP contribution is -1.95. The normalized spacial score (nSPS) is 12.5. The van der Waals surface area contributed by atoms with Gasteiger partial charge in [0.05, 0.1) is 0 Å². The zero-order valence-corrected chi connectivity index (χ0v) is 22.0. The Morgan fingerprint density at radius 1 is 0.300 bits per heavy atom. The van der Waals surface area contributed by atoms with E-state index in [2.05, 4.69) is 20.8 Å². The van der Waals surface area contributed by atoms with Crippen molar-refractivity contribution in [3.05, 3.63) is 0 Å². The van der Waals surface area contributed by atoms with Gasteiger partial charge < -0.3 is 0 Å². The van der Waals surface area contributed by atoms with E-state index in [1.165, 1.54) is 167 Å². The first kappa shape index (κ1) is 30.0. The van der Waals surface area contributed by atoms with Gasteiger partial charge in [-0.15, -0.1) is 0 Å². The van der Waals surface area contributed by atoms with E-state index in [0.717, 1.165) is 5.92 Å². The molecule has 0 saturated heterocycles. The van der Waals surface area contributed by atoms with Crippen molar-refractivity contribution in [3.63, 3.8) is 0 Å². The Morgan fingerprint density at radius 2 is 0.500 bits per heavy atom. The first-order valence-electron chi connectivity index (χ1n) is 14.8. The van der Waals surface area contributed by atoms with Crippen LogP contribution in [-0.2, 0) is 0 Å². The van der Waals surface area contributed by atoms with Crippen molar-refractivity contribution in [2.75, 3.05) is 0 Å². The van der Waals surface area contributed by atoms with E-state index in [0.29, 0.717) is 0 Å². The third-order valence-corrected chi connectivity index (χ3v) is 7.10. The molecule has 182 valence electrons. The van der Waals surface area contributed by atoms with Crippen molar-refractivity contribution in [3.8, 4) is 0 Å². The molecule has 0 aromatic carbocycles. The minimum absolute atomic E-state index is 0.969. The fourth-order valence-corrected chi connectivity index (χ4v) is 4.81. The van der Waals surface area contributed by atoms with Gasteiger partial charge in [0.15, 0.2) is 0 Å². The van der Waals surface area contributed by atoms with Crippen molar-refractivity contribution in [2.45, 2.75) is 188 Å². The van der Waals surface area contributed by atoms with Crippen LogP contribution in [0.25, 0.3) is 0 Å². The summed E-state index contributed by atoms with van der Waals surface area (Å²) in [4.78, 5) is 0. The summed E-state index contributed by atoms with van der Waals surface area (Å²) in [5, 5.41) is 0. The van der Waals surface area contributed by atoms with Crippen LogP contribution in [0.2, 0.25) is 0 Å². The molecule has 0 rings (SSSR count). The topological polar surface area (TPSA) is 0 Å². The van der Waals surface area contributed by atoms with Crippen LogP contribution in [0.4, 0.5) is 0 Å². The third kappa shape index (κ3) is 26.0. The predicted molar refractivity (Wildman–Crippen MR) is 141 cm³/mol. The maximum Gasteiger partial charge on any atom is -0.0443 e. The standard InChI is InChI=1S/C30H62/c1-4-6-8-10-12-14-15-16-17-18-19-21-23-25-27-29-30(3)28-26-24-22-20-13-11-9-7-5-2/h30H,4-29H2,1-3H3. The second-order valence-electron chi connectivity index (χ2n) is 10.5. The van der Waals surface area contributed by atoms with E-state index in [9.17, 15) is 0 Å². The molecule has 0 heterocycles.